The Kier molecular flexibility index (Phi) is 4.42. The van der Waals surface area contributed by atoms with Crippen molar-refractivity contribution >= 4 is 0 Å². The Morgan fingerprint density at radius 2 is 1.79 bits per heavy atom. The number of nitrogens with one attached hydrogen (secondary N) is 1. The maximum atomic E-state index is 13.3. The number of halogens is 4. The highest BCUT2D eigenvalue weighted by molar-refractivity contribution is 5.32. The van der Waals surface area contributed by atoms with Crippen LogP contribution in [0.1, 0.15) is 17.2 Å². The summed E-state index contributed by atoms with van der Waals surface area (Å²) in [6, 6.07) is 4.42. The summed E-state index contributed by atoms with van der Waals surface area (Å²) >= 11 is 0. The van der Waals surface area contributed by atoms with E-state index in [0.29, 0.717) is 26.2 Å². The third-order valence-electron chi connectivity index (χ3n) is 3.36. The van der Waals surface area contributed by atoms with Gasteiger partial charge in [-0.25, -0.2) is 4.39 Å². The van der Waals surface area contributed by atoms with E-state index >= 15 is 0 Å². The van der Waals surface area contributed by atoms with Crippen LogP contribution in [0.25, 0.3) is 0 Å². The molecule has 1 atom stereocenters. The van der Waals surface area contributed by atoms with Crippen LogP contribution in [0.5, 0.6) is 0 Å². The van der Waals surface area contributed by atoms with Crippen LogP contribution < -0.4 is 5.32 Å². The number of hydrogen-bond acceptors (Lipinski definition) is 2. The summed E-state index contributed by atoms with van der Waals surface area (Å²) in [6.07, 6.45) is -4.45. The molecule has 0 radical (unpaired) electrons. The number of benzene rings is 1. The van der Waals surface area contributed by atoms with Crippen LogP contribution in [0, 0.1) is 0 Å². The van der Waals surface area contributed by atoms with Gasteiger partial charge in [-0.3, -0.25) is 4.90 Å². The SMILES string of the molecule is FC[C@@H](c1ccccc1C(F)(F)F)N1CCNCC1. The van der Waals surface area contributed by atoms with Gasteiger partial charge in [0.1, 0.15) is 6.67 Å². The van der Waals surface area contributed by atoms with Crippen molar-refractivity contribution < 1.29 is 17.6 Å². The van der Waals surface area contributed by atoms with E-state index in [1.54, 1.807) is 4.90 Å². The quantitative estimate of drug-likeness (QED) is 0.854. The lowest BCUT2D eigenvalue weighted by molar-refractivity contribution is -0.138. The average Bonchev–Trinajstić information content (AvgIpc) is 2.40. The van der Waals surface area contributed by atoms with E-state index in [0.717, 1.165) is 6.07 Å². The van der Waals surface area contributed by atoms with Crippen molar-refractivity contribution in [2.75, 3.05) is 32.9 Å². The molecule has 0 bridgehead atoms. The van der Waals surface area contributed by atoms with Crippen LogP contribution in [-0.4, -0.2) is 37.8 Å². The Labute approximate surface area is 109 Å². The van der Waals surface area contributed by atoms with Crippen LogP contribution in [0.4, 0.5) is 17.6 Å². The Morgan fingerprint density at radius 3 is 2.37 bits per heavy atom. The van der Waals surface area contributed by atoms with Gasteiger partial charge in [0.05, 0.1) is 11.6 Å². The highest BCUT2D eigenvalue weighted by Gasteiger charge is 2.36. The molecule has 1 aromatic carbocycles. The van der Waals surface area contributed by atoms with Gasteiger partial charge in [-0.2, -0.15) is 13.2 Å². The van der Waals surface area contributed by atoms with Crippen molar-refractivity contribution in [1.29, 1.82) is 0 Å². The minimum Gasteiger partial charge on any atom is -0.314 e. The molecule has 106 valence electrons. The highest BCUT2D eigenvalue weighted by atomic mass is 19.4. The summed E-state index contributed by atoms with van der Waals surface area (Å²) in [7, 11) is 0. The zero-order valence-corrected chi connectivity index (χ0v) is 10.4. The fourth-order valence-corrected chi connectivity index (χ4v) is 2.42. The van der Waals surface area contributed by atoms with Gasteiger partial charge in [-0.05, 0) is 11.6 Å². The number of hydrogen-bond donors (Lipinski definition) is 1. The molecule has 1 aromatic rings. The minimum absolute atomic E-state index is 0.0272. The Morgan fingerprint density at radius 1 is 1.16 bits per heavy atom. The molecule has 2 rings (SSSR count). The second-order valence-electron chi connectivity index (χ2n) is 4.54. The van der Waals surface area contributed by atoms with E-state index in [4.69, 9.17) is 0 Å². The van der Waals surface area contributed by atoms with E-state index in [2.05, 4.69) is 5.32 Å². The molecule has 1 aliphatic rings. The van der Waals surface area contributed by atoms with Gasteiger partial charge in [0.25, 0.3) is 0 Å². The van der Waals surface area contributed by atoms with E-state index in [1.165, 1.54) is 18.2 Å². The Balaban J connectivity index is 2.32. The first kappa shape index (κ1) is 14.3. The van der Waals surface area contributed by atoms with Crippen LogP contribution in [0.15, 0.2) is 24.3 Å². The summed E-state index contributed by atoms with van der Waals surface area (Å²) in [6.45, 7) is 1.64. The monoisotopic (exact) mass is 276 g/mol. The van der Waals surface area contributed by atoms with Gasteiger partial charge in [-0.1, -0.05) is 18.2 Å². The number of alkyl halides is 4. The van der Waals surface area contributed by atoms with Crippen LogP contribution in [0.2, 0.25) is 0 Å². The fourth-order valence-electron chi connectivity index (χ4n) is 2.42. The summed E-state index contributed by atoms with van der Waals surface area (Å²) in [4.78, 5) is 1.76. The molecule has 1 saturated heterocycles. The second kappa shape index (κ2) is 5.88. The molecule has 0 saturated carbocycles. The summed E-state index contributed by atoms with van der Waals surface area (Å²) in [5.74, 6) is 0. The van der Waals surface area contributed by atoms with E-state index < -0.39 is 24.5 Å². The van der Waals surface area contributed by atoms with Crippen molar-refractivity contribution in [2.45, 2.75) is 12.2 Å². The molecule has 6 heteroatoms. The Bertz CT molecular complexity index is 413. The zero-order chi connectivity index (χ0) is 13.9. The summed E-state index contributed by atoms with van der Waals surface area (Å²) in [5, 5.41) is 3.10. The molecule has 0 aliphatic carbocycles. The minimum atomic E-state index is -4.45. The van der Waals surface area contributed by atoms with Gasteiger partial charge in [0, 0.05) is 26.2 Å². The van der Waals surface area contributed by atoms with Crippen LogP contribution in [-0.2, 0) is 6.18 Å². The van der Waals surface area contributed by atoms with Crippen molar-refractivity contribution in [2.24, 2.45) is 0 Å². The predicted molar refractivity (Wildman–Crippen MR) is 64.6 cm³/mol. The lowest BCUT2D eigenvalue weighted by atomic mass is 9.99. The molecule has 2 nitrogen and oxygen atoms in total. The Hall–Kier alpha value is -1.14. The van der Waals surface area contributed by atoms with E-state index in [9.17, 15) is 17.6 Å². The third-order valence-corrected chi connectivity index (χ3v) is 3.36. The molecular weight excluding hydrogens is 260 g/mol. The largest absolute Gasteiger partial charge is 0.416 e. The molecule has 0 amide bonds. The van der Waals surface area contributed by atoms with Crippen LogP contribution in [0.3, 0.4) is 0 Å². The highest BCUT2D eigenvalue weighted by Crippen LogP contribution is 2.36. The van der Waals surface area contributed by atoms with Gasteiger partial charge < -0.3 is 5.32 Å². The molecule has 1 heterocycles. The molecule has 1 fully saturated rings. The van der Waals surface area contributed by atoms with Crippen molar-refractivity contribution in [3.05, 3.63) is 35.4 Å². The first-order valence-corrected chi connectivity index (χ1v) is 6.21. The average molecular weight is 276 g/mol. The lowest BCUT2D eigenvalue weighted by Crippen LogP contribution is -2.46. The summed E-state index contributed by atoms with van der Waals surface area (Å²) in [5.41, 5.74) is -0.712. The van der Waals surface area contributed by atoms with Crippen molar-refractivity contribution in [1.82, 2.24) is 10.2 Å². The third kappa shape index (κ3) is 3.25. The number of nitrogens with zero attached hydrogens (tertiary/aromatic N) is 1. The standard InChI is InChI=1S/C13H16F4N2/c14-9-12(19-7-5-18-6-8-19)10-3-1-2-4-11(10)13(15,16)17/h1-4,12,18H,5-9H2/t12-/m0/s1. The van der Waals surface area contributed by atoms with E-state index in [1.807, 2.05) is 0 Å². The summed E-state index contributed by atoms with van der Waals surface area (Å²) < 4.78 is 52.1. The predicted octanol–water partition coefficient (Wildman–Crippen LogP) is 2.62. The molecule has 1 N–H and O–H groups in total. The van der Waals surface area contributed by atoms with Gasteiger partial charge in [-0.15, -0.1) is 0 Å². The molecule has 0 spiro atoms. The van der Waals surface area contributed by atoms with E-state index in [-0.39, 0.29) is 5.56 Å². The lowest BCUT2D eigenvalue weighted by Gasteiger charge is -2.34. The topological polar surface area (TPSA) is 15.3 Å². The second-order valence-corrected chi connectivity index (χ2v) is 4.54. The number of piperazine rings is 1. The molecule has 0 aromatic heterocycles. The molecular formula is C13H16F4N2. The van der Waals surface area contributed by atoms with Crippen molar-refractivity contribution in [3.8, 4) is 0 Å². The first-order chi connectivity index (χ1) is 9.04. The molecule has 19 heavy (non-hydrogen) atoms. The van der Waals surface area contributed by atoms with Crippen molar-refractivity contribution in [3.63, 3.8) is 0 Å². The maximum absolute atomic E-state index is 13.3. The zero-order valence-electron chi connectivity index (χ0n) is 10.4. The molecule has 0 unspecified atom stereocenters. The van der Waals surface area contributed by atoms with Gasteiger partial charge in [0.15, 0.2) is 0 Å². The number of rotatable bonds is 3. The van der Waals surface area contributed by atoms with Crippen LogP contribution >= 0.6 is 0 Å². The van der Waals surface area contributed by atoms with Gasteiger partial charge >= 0.3 is 6.18 Å². The van der Waals surface area contributed by atoms with Gasteiger partial charge in [0.2, 0.25) is 0 Å². The smallest absolute Gasteiger partial charge is 0.314 e. The molecule has 1 aliphatic heterocycles. The maximum Gasteiger partial charge on any atom is 0.416 e. The fraction of sp³-hybridized carbons (Fsp3) is 0.538. The normalized spacial score (nSPS) is 19.4. The first-order valence-electron chi connectivity index (χ1n) is 6.21.